The molecule has 6 atom stereocenters. The molecule has 3 unspecified atom stereocenters. The summed E-state index contributed by atoms with van der Waals surface area (Å²) in [5, 5.41) is 54.4. The first-order chi connectivity index (χ1) is 8.79. The molecule has 0 aromatic carbocycles. The SMILES string of the molecule is O=C(O)C(CO)O[C@H]1OC(C(=O)O)[C@@H](O)[C@H](O)C1O. The van der Waals surface area contributed by atoms with Crippen LogP contribution in [0, 0.1) is 0 Å². The molecule has 1 heterocycles. The van der Waals surface area contributed by atoms with E-state index in [-0.39, 0.29) is 0 Å². The van der Waals surface area contributed by atoms with E-state index >= 15 is 0 Å². The van der Waals surface area contributed by atoms with Crippen LogP contribution in [0.3, 0.4) is 0 Å². The number of carboxylic acid groups (broad SMARTS) is 2. The monoisotopic (exact) mass is 282 g/mol. The Bertz CT molecular complexity index is 342. The van der Waals surface area contributed by atoms with Crippen LogP contribution in [0.1, 0.15) is 0 Å². The highest BCUT2D eigenvalue weighted by Crippen LogP contribution is 2.23. The van der Waals surface area contributed by atoms with E-state index in [1.807, 2.05) is 0 Å². The lowest BCUT2D eigenvalue weighted by molar-refractivity contribution is -0.304. The van der Waals surface area contributed by atoms with Crippen molar-refractivity contribution in [3.8, 4) is 0 Å². The Morgan fingerprint density at radius 2 is 1.68 bits per heavy atom. The van der Waals surface area contributed by atoms with E-state index in [4.69, 9.17) is 15.3 Å². The zero-order chi connectivity index (χ0) is 14.7. The summed E-state index contributed by atoms with van der Waals surface area (Å²) < 4.78 is 9.33. The van der Waals surface area contributed by atoms with Crippen LogP contribution in [0.25, 0.3) is 0 Å². The molecule has 0 spiro atoms. The number of hydrogen-bond acceptors (Lipinski definition) is 8. The first kappa shape index (κ1) is 15.8. The standard InChI is InChI=1S/C9H14O10/c10-1-2(7(14)15)18-9-5(13)3(11)4(12)6(19-9)8(16)17/h2-6,9-13H,1H2,(H,14,15)(H,16,17)/t2?,3-,4-,5?,6?,9-/m0/s1. The average Bonchev–Trinajstić information content (AvgIpc) is 2.34. The molecule has 0 aromatic rings. The zero-order valence-electron chi connectivity index (χ0n) is 9.49. The lowest BCUT2D eigenvalue weighted by Crippen LogP contribution is -2.61. The van der Waals surface area contributed by atoms with Crippen LogP contribution in [-0.4, -0.2) is 86.0 Å². The van der Waals surface area contributed by atoms with E-state index in [9.17, 15) is 24.9 Å². The third-order valence-electron chi connectivity index (χ3n) is 2.55. The molecule has 10 heteroatoms. The molecule has 0 saturated carbocycles. The first-order valence-electron chi connectivity index (χ1n) is 5.21. The largest absolute Gasteiger partial charge is 0.479 e. The van der Waals surface area contributed by atoms with Crippen LogP contribution in [0.4, 0.5) is 0 Å². The molecular formula is C9H14O10. The predicted molar refractivity (Wildman–Crippen MR) is 53.9 cm³/mol. The Hall–Kier alpha value is -1.30. The van der Waals surface area contributed by atoms with Gasteiger partial charge in [0.15, 0.2) is 18.5 Å². The molecule has 6 N–H and O–H groups in total. The van der Waals surface area contributed by atoms with E-state index in [0.717, 1.165) is 0 Å². The van der Waals surface area contributed by atoms with Crippen molar-refractivity contribution in [2.45, 2.75) is 36.8 Å². The van der Waals surface area contributed by atoms with Crippen molar-refractivity contribution in [2.75, 3.05) is 6.61 Å². The Labute approximate surface area is 106 Å². The Morgan fingerprint density at radius 3 is 2.11 bits per heavy atom. The van der Waals surface area contributed by atoms with Crippen LogP contribution in [0.2, 0.25) is 0 Å². The molecule has 1 rings (SSSR count). The third-order valence-corrected chi connectivity index (χ3v) is 2.55. The van der Waals surface area contributed by atoms with Gasteiger partial charge in [-0.25, -0.2) is 9.59 Å². The molecule has 0 aromatic heterocycles. The summed E-state index contributed by atoms with van der Waals surface area (Å²) in [4.78, 5) is 21.4. The Kier molecular flexibility index (Phi) is 5.17. The fourth-order valence-corrected chi connectivity index (χ4v) is 1.51. The average molecular weight is 282 g/mol. The molecule has 10 nitrogen and oxygen atoms in total. The van der Waals surface area contributed by atoms with Gasteiger partial charge in [0.25, 0.3) is 0 Å². The lowest BCUT2D eigenvalue weighted by atomic mass is 9.99. The van der Waals surface area contributed by atoms with Gasteiger partial charge >= 0.3 is 11.9 Å². The highest BCUT2D eigenvalue weighted by molar-refractivity contribution is 5.73. The highest BCUT2D eigenvalue weighted by Gasteiger charge is 2.48. The molecular weight excluding hydrogens is 268 g/mol. The second-order valence-electron chi connectivity index (χ2n) is 3.88. The third kappa shape index (κ3) is 3.37. The number of aliphatic hydroxyl groups is 4. The molecule has 0 bridgehead atoms. The molecule has 1 aliphatic rings. The summed E-state index contributed by atoms with van der Waals surface area (Å²) in [5.41, 5.74) is 0. The van der Waals surface area contributed by atoms with Gasteiger partial charge in [-0.15, -0.1) is 0 Å². The van der Waals surface area contributed by atoms with Gasteiger partial charge < -0.3 is 40.1 Å². The number of hydrogen-bond donors (Lipinski definition) is 6. The fourth-order valence-electron chi connectivity index (χ4n) is 1.51. The van der Waals surface area contributed by atoms with Crippen LogP contribution >= 0.6 is 0 Å². The topological polar surface area (TPSA) is 174 Å². The van der Waals surface area contributed by atoms with Crippen LogP contribution in [0.5, 0.6) is 0 Å². The summed E-state index contributed by atoms with van der Waals surface area (Å²) in [7, 11) is 0. The summed E-state index contributed by atoms with van der Waals surface area (Å²) in [6.07, 6.45) is -11.1. The highest BCUT2D eigenvalue weighted by atomic mass is 16.7. The Morgan fingerprint density at radius 1 is 1.11 bits per heavy atom. The van der Waals surface area contributed by atoms with Gasteiger partial charge in [0, 0.05) is 0 Å². The van der Waals surface area contributed by atoms with E-state index < -0.39 is 55.4 Å². The molecule has 19 heavy (non-hydrogen) atoms. The molecule has 1 fully saturated rings. The second-order valence-corrected chi connectivity index (χ2v) is 3.88. The number of ether oxygens (including phenoxy) is 2. The lowest BCUT2D eigenvalue weighted by Gasteiger charge is -2.39. The van der Waals surface area contributed by atoms with Crippen LogP contribution in [-0.2, 0) is 19.1 Å². The maximum absolute atomic E-state index is 10.8. The molecule has 1 aliphatic heterocycles. The van der Waals surface area contributed by atoms with Gasteiger partial charge in [0.2, 0.25) is 0 Å². The van der Waals surface area contributed by atoms with Crippen LogP contribution < -0.4 is 0 Å². The number of aliphatic carboxylic acids is 2. The van der Waals surface area contributed by atoms with Crippen molar-refractivity contribution in [1.82, 2.24) is 0 Å². The number of aliphatic hydroxyl groups excluding tert-OH is 4. The van der Waals surface area contributed by atoms with E-state index in [0.29, 0.717) is 0 Å². The van der Waals surface area contributed by atoms with Gasteiger partial charge in [0.1, 0.15) is 18.3 Å². The van der Waals surface area contributed by atoms with Gasteiger partial charge in [-0.05, 0) is 0 Å². The Balaban J connectivity index is 2.82. The van der Waals surface area contributed by atoms with Crippen molar-refractivity contribution in [3.05, 3.63) is 0 Å². The van der Waals surface area contributed by atoms with Crippen molar-refractivity contribution in [1.29, 1.82) is 0 Å². The normalized spacial score (nSPS) is 36.7. The van der Waals surface area contributed by atoms with Gasteiger partial charge in [-0.3, -0.25) is 0 Å². The van der Waals surface area contributed by atoms with Gasteiger partial charge in [-0.1, -0.05) is 0 Å². The summed E-state index contributed by atoms with van der Waals surface area (Å²) in [5.74, 6) is -3.19. The molecule has 0 aliphatic carbocycles. The van der Waals surface area contributed by atoms with Crippen LogP contribution in [0.15, 0.2) is 0 Å². The first-order valence-corrected chi connectivity index (χ1v) is 5.21. The van der Waals surface area contributed by atoms with Gasteiger partial charge in [0.05, 0.1) is 6.61 Å². The molecule has 0 radical (unpaired) electrons. The number of rotatable bonds is 5. The molecule has 110 valence electrons. The van der Waals surface area contributed by atoms with Gasteiger partial charge in [-0.2, -0.15) is 0 Å². The van der Waals surface area contributed by atoms with Crippen molar-refractivity contribution in [3.63, 3.8) is 0 Å². The van der Waals surface area contributed by atoms with E-state index in [2.05, 4.69) is 9.47 Å². The van der Waals surface area contributed by atoms with E-state index in [1.54, 1.807) is 0 Å². The smallest absolute Gasteiger partial charge is 0.335 e. The van der Waals surface area contributed by atoms with Crippen molar-refractivity contribution >= 4 is 11.9 Å². The van der Waals surface area contributed by atoms with E-state index in [1.165, 1.54) is 0 Å². The zero-order valence-corrected chi connectivity index (χ0v) is 9.49. The second kappa shape index (κ2) is 6.23. The number of carbonyl (C=O) groups is 2. The van der Waals surface area contributed by atoms with Crippen molar-refractivity contribution in [2.24, 2.45) is 0 Å². The number of carboxylic acids is 2. The minimum absolute atomic E-state index is 0.946. The minimum Gasteiger partial charge on any atom is -0.479 e. The summed E-state index contributed by atoms with van der Waals surface area (Å²) in [6, 6.07) is 0. The molecule has 0 amide bonds. The fraction of sp³-hybridized carbons (Fsp3) is 0.778. The minimum atomic E-state index is -1.90. The summed E-state index contributed by atoms with van der Waals surface area (Å²) >= 11 is 0. The summed E-state index contributed by atoms with van der Waals surface area (Å²) in [6.45, 7) is -0.946. The maximum atomic E-state index is 10.8. The van der Waals surface area contributed by atoms with Crippen molar-refractivity contribution < 1.29 is 49.7 Å². The quantitative estimate of drug-likeness (QED) is 0.295. The maximum Gasteiger partial charge on any atom is 0.335 e. The molecule has 1 saturated heterocycles. The predicted octanol–water partition coefficient (Wildman–Crippen LogP) is -3.66.